The zero-order chi connectivity index (χ0) is 14.1. The van der Waals surface area contributed by atoms with Gasteiger partial charge in [-0.25, -0.2) is 0 Å². The van der Waals surface area contributed by atoms with Crippen LogP contribution in [0.15, 0.2) is 0 Å². The average Bonchev–Trinajstić information content (AvgIpc) is 2.38. The van der Waals surface area contributed by atoms with Gasteiger partial charge >= 0.3 is 5.97 Å². The lowest BCUT2D eigenvalue weighted by atomic mass is 9.78. The molecular weight excluding hydrogens is 244 g/mol. The molecule has 5 nitrogen and oxygen atoms in total. The van der Waals surface area contributed by atoms with Gasteiger partial charge in [-0.3, -0.25) is 9.59 Å². The molecular formula is C14H24N2O3. The van der Waals surface area contributed by atoms with Crippen molar-refractivity contribution in [1.29, 1.82) is 0 Å². The Morgan fingerprint density at radius 1 is 1.11 bits per heavy atom. The van der Waals surface area contributed by atoms with E-state index in [9.17, 15) is 14.7 Å². The number of rotatable bonds is 2. The summed E-state index contributed by atoms with van der Waals surface area (Å²) in [7, 11) is 0. The number of carbonyl (C=O) groups is 2. The highest BCUT2D eigenvalue weighted by atomic mass is 16.4. The molecule has 2 fully saturated rings. The molecule has 19 heavy (non-hydrogen) atoms. The number of carbonyl (C=O) groups excluding carboxylic acids is 1. The van der Waals surface area contributed by atoms with Gasteiger partial charge in [0.25, 0.3) is 0 Å². The molecule has 1 saturated carbocycles. The third kappa shape index (κ3) is 2.76. The van der Waals surface area contributed by atoms with Crippen molar-refractivity contribution in [3.8, 4) is 0 Å². The lowest BCUT2D eigenvalue weighted by Gasteiger charge is -2.42. The van der Waals surface area contributed by atoms with E-state index in [0.29, 0.717) is 19.5 Å². The van der Waals surface area contributed by atoms with Gasteiger partial charge in [0.2, 0.25) is 5.91 Å². The zero-order valence-electron chi connectivity index (χ0n) is 11.7. The molecule has 0 bridgehead atoms. The van der Waals surface area contributed by atoms with Crippen LogP contribution in [0, 0.1) is 5.41 Å². The van der Waals surface area contributed by atoms with Gasteiger partial charge in [-0.15, -0.1) is 0 Å². The van der Waals surface area contributed by atoms with Crippen LogP contribution < -0.4 is 5.73 Å². The first kappa shape index (κ1) is 14.3. The lowest BCUT2D eigenvalue weighted by Crippen LogP contribution is -2.60. The number of hydrogen-bond donors (Lipinski definition) is 2. The van der Waals surface area contributed by atoms with Crippen LogP contribution in [0.25, 0.3) is 0 Å². The number of hydrogen-bond acceptors (Lipinski definition) is 3. The summed E-state index contributed by atoms with van der Waals surface area (Å²) in [4.78, 5) is 25.6. The molecule has 0 aromatic rings. The Balaban J connectivity index is 2.08. The van der Waals surface area contributed by atoms with Crippen LogP contribution in [0.2, 0.25) is 0 Å². The van der Waals surface area contributed by atoms with Gasteiger partial charge in [0.15, 0.2) is 0 Å². The van der Waals surface area contributed by atoms with Crippen LogP contribution in [0.3, 0.4) is 0 Å². The van der Waals surface area contributed by atoms with Gasteiger partial charge < -0.3 is 15.7 Å². The Bertz CT molecular complexity index is 377. The maximum Gasteiger partial charge on any atom is 0.311 e. The number of aliphatic carboxylic acids is 1. The largest absolute Gasteiger partial charge is 0.481 e. The number of nitrogens with two attached hydrogens (primary N) is 1. The fourth-order valence-electron chi connectivity index (χ4n) is 3.30. The van der Waals surface area contributed by atoms with Crippen molar-refractivity contribution >= 4 is 11.9 Å². The first-order chi connectivity index (χ1) is 8.87. The molecule has 2 aliphatic rings. The number of carboxylic acids is 1. The second kappa shape index (κ2) is 5.12. The molecule has 3 N–H and O–H groups in total. The van der Waals surface area contributed by atoms with Gasteiger partial charge in [0.05, 0.1) is 11.0 Å². The van der Waals surface area contributed by atoms with Crippen molar-refractivity contribution in [2.75, 3.05) is 13.1 Å². The molecule has 1 heterocycles. The topological polar surface area (TPSA) is 83.6 Å². The molecule has 1 aliphatic heterocycles. The molecule has 1 aliphatic carbocycles. The van der Waals surface area contributed by atoms with Crippen LogP contribution in [0.5, 0.6) is 0 Å². The third-order valence-corrected chi connectivity index (χ3v) is 4.67. The normalized spacial score (nSPS) is 30.9. The van der Waals surface area contributed by atoms with Gasteiger partial charge in [-0.05, 0) is 32.6 Å². The minimum Gasteiger partial charge on any atom is -0.481 e. The molecule has 0 radical (unpaired) electrons. The summed E-state index contributed by atoms with van der Waals surface area (Å²) in [5.74, 6) is -0.862. The number of carboxylic acid groups (broad SMARTS) is 1. The second-order valence-electron chi connectivity index (χ2n) is 6.41. The molecule has 1 saturated heterocycles. The summed E-state index contributed by atoms with van der Waals surface area (Å²) < 4.78 is 0. The predicted molar refractivity (Wildman–Crippen MR) is 71.6 cm³/mol. The highest BCUT2D eigenvalue weighted by Crippen LogP contribution is 2.33. The Hall–Kier alpha value is -1.10. The van der Waals surface area contributed by atoms with E-state index in [0.717, 1.165) is 38.5 Å². The smallest absolute Gasteiger partial charge is 0.311 e. The molecule has 0 spiro atoms. The van der Waals surface area contributed by atoms with Crippen LogP contribution in [0.1, 0.15) is 51.9 Å². The highest BCUT2D eigenvalue weighted by molar-refractivity contribution is 5.87. The SMILES string of the molecule is CC1(C(=O)O)CCCN(C(=O)C2(N)CCCCC2)C1. The van der Waals surface area contributed by atoms with Crippen molar-refractivity contribution in [2.45, 2.75) is 57.4 Å². The minimum atomic E-state index is -0.820. The van der Waals surface area contributed by atoms with Gasteiger partial charge in [-0.2, -0.15) is 0 Å². The zero-order valence-corrected chi connectivity index (χ0v) is 11.7. The summed E-state index contributed by atoms with van der Waals surface area (Å²) in [5, 5.41) is 9.30. The Labute approximate surface area is 114 Å². The first-order valence-electron chi connectivity index (χ1n) is 7.19. The van der Waals surface area contributed by atoms with Crippen molar-refractivity contribution in [2.24, 2.45) is 11.1 Å². The maximum atomic E-state index is 12.6. The van der Waals surface area contributed by atoms with E-state index in [1.807, 2.05) is 0 Å². The fourth-order valence-corrected chi connectivity index (χ4v) is 3.30. The van der Waals surface area contributed by atoms with E-state index < -0.39 is 16.9 Å². The van der Waals surface area contributed by atoms with Crippen LogP contribution in [0.4, 0.5) is 0 Å². The first-order valence-corrected chi connectivity index (χ1v) is 7.19. The highest BCUT2D eigenvalue weighted by Gasteiger charge is 2.44. The summed E-state index contributed by atoms with van der Waals surface area (Å²) in [6.07, 6.45) is 5.95. The fraction of sp³-hybridized carbons (Fsp3) is 0.857. The number of amides is 1. The molecule has 0 aromatic heterocycles. The number of likely N-dealkylation sites (tertiary alicyclic amines) is 1. The van der Waals surface area contributed by atoms with E-state index in [2.05, 4.69) is 0 Å². The molecule has 5 heteroatoms. The van der Waals surface area contributed by atoms with E-state index in [4.69, 9.17) is 5.73 Å². The Morgan fingerprint density at radius 2 is 1.74 bits per heavy atom. The Morgan fingerprint density at radius 3 is 2.32 bits per heavy atom. The molecule has 0 aromatic carbocycles. The van der Waals surface area contributed by atoms with Gasteiger partial charge in [0, 0.05) is 13.1 Å². The summed E-state index contributed by atoms with van der Waals surface area (Å²) >= 11 is 0. The minimum absolute atomic E-state index is 0.0422. The molecule has 1 unspecified atom stereocenters. The summed E-state index contributed by atoms with van der Waals surface area (Å²) in [6.45, 7) is 2.65. The van der Waals surface area contributed by atoms with Crippen LogP contribution >= 0.6 is 0 Å². The van der Waals surface area contributed by atoms with Crippen molar-refractivity contribution in [3.63, 3.8) is 0 Å². The standard InChI is InChI=1S/C14H24N2O3/c1-13(12(18)19)6-5-9-16(10-13)11(17)14(15)7-3-2-4-8-14/h2-10,15H2,1H3,(H,18,19). The summed E-state index contributed by atoms with van der Waals surface area (Å²) in [6, 6.07) is 0. The monoisotopic (exact) mass is 268 g/mol. The lowest BCUT2D eigenvalue weighted by molar-refractivity contribution is -0.155. The van der Waals surface area contributed by atoms with Gasteiger partial charge in [-0.1, -0.05) is 19.3 Å². The summed E-state index contributed by atoms with van der Waals surface area (Å²) in [5.41, 5.74) is 4.68. The van der Waals surface area contributed by atoms with Crippen molar-refractivity contribution in [1.82, 2.24) is 4.90 Å². The predicted octanol–water partition coefficient (Wildman–Crippen LogP) is 1.36. The second-order valence-corrected chi connectivity index (χ2v) is 6.41. The number of nitrogens with zero attached hydrogens (tertiary/aromatic N) is 1. The van der Waals surface area contributed by atoms with Crippen molar-refractivity contribution in [3.05, 3.63) is 0 Å². The Kier molecular flexibility index (Phi) is 3.85. The maximum absolute atomic E-state index is 12.6. The molecule has 1 atom stereocenters. The van der Waals surface area contributed by atoms with Crippen molar-refractivity contribution < 1.29 is 14.7 Å². The van der Waals surface area contributed by atoms with E-state index in [1.54, 1.807) is 11.8 Å². The van der Waals surface area contributed by atoms with E-state index >= 15 is 0 Å². The number of piperidine rings is 1. The van der Waals surface area contributed by atoms with E-state index in [-0.39, 0.29) is 5.91 Å². The van der Waals surface area contributed by atoms with Crippen LogP contribution in [-0.4, -0.2) is 40.5 Å². The van der Waals surface area contributed by atoms with Crippen LogP contribution in [-0.2, 0) is 9.59 Å². The average molecular weight is 268 g/mol. The quantitative estimate of drug-likeness (QED) is 0.792. The molecule has 108 valence electrons. The van der Waals surface area contributed by atoms with Gasteiger partial charge in [0.1, 0.15) is 0 Å². The van der Waals surface area contributed by atoms with E-state index in [1.165, 1.54) is 0 Å². The molecule has 2 rings (SSSR count). The third-order valence-electron chi connectivity index (χ3n) is 4.67. The molecule has 1 amide bonds.